The molecule has 1 aliphatic rings. The maximum atomic E-state index is 13.0. The Kier molecular flexibility index (Phi) is 6.64. The van der Waals surface area contributed by atoms with Gasteiger partial charge in [-0.15, -0.1) is 0 Å². The predicted molar refractivity (Wildman–Crippen MR) is 135 cm³/mol. The van der Waals surface area contributed by atoms with Crippen LogP contribution in [-0.4, -0.2) is 55.4 Å². The first-order chi connectivity index (χ1) is 16.9. The molecule has 0 unspecified atom stereocenters. The number of H-pyrrole nitrogens is 1. The number of ether oxygens (including phenoxy) is 1. The second-order valence-electron chi connectivity index (χ2n) is 8.68. The summed E-state index contributed by atoms with van der Waals surface area (Å²) in [7, 11) is 0. The second kappa shape index (κ2) is 9.85. The Balaban J connectivity index is 1.28. The zero-order valence-electron chi connectivity index (χ0n) is 19.3. The van der Waals surface area contributed by atoms with E-state index in [0.29, 0.717) is 38.3 Å². The molecule has 182 valence electrons. The number of amides is 1. The van der Waals surface area contributed by atoms with E-state index in [1.165, 1.54) is 12.4 Å². The summed E-state index contributed by atoms with van der Waals surface area (Å²) in [5.41, 5.74) is 2.26. The van der Waals surface area contributed by atoms with E-state index in [4.69, 9.17) is 27.9 Å². The van der Waals surface area contributed by atoms with Gasteiger partial charge < -0.3 is 15.0 Å². The maximum Gasteiger partial charge on any atom is 0.276 e. The van der Waals surface area contributed by atoms with E-state index in [0.717, 1.165) is 31.7 Å². The molecule has 0 aliphatic carbocycles. The number of hydrogen-bond acceptors (Lipinski definition) is 6. The Morgan fingerprint density at radius 3 is 2.77 bits per heavy atom. The normalized spacial score (nSPS) is 15.2. The van der Waals surface area contributed by atoms with Crippen molar-refractivity contribution in [3.8, 4) is 5.75 Å². The number of hydrogen-bond donors (Lipinski definition) is 2. The van der Waals surface area contributed by atoms with Gasteiger partial charge in [0, 0.05) is 55.1 Å². The van der Waals surface area contributed by atoms with Crippen molar-refractivity contribution in [3.05, 3.63) is 64.3 Å². The van der Waals surface area contributed by atoms with Crippen LogP contribution in [0.1, 0.15) is 36.0 Å². The summed E-state index contributed by atoms with van der Waals surface area (Å²) < 4.78 is 7.95. The second-order valence-corrected chi connectivity index (χ2v) is 9.49. The number of likely N-dealkylation sites (tertiary alicyclic amines) is 1. The SMILES string of the molecule is CCN1CC(Cn2cc(NC(=O)c3n[nH]c4ccc(O[C@H](C)c5c(Cl)cncc5Cl)cc34)cn2)C1. The van der Waals surface area contributed by atoms with Gasteiger partial charge in [0.1, 0.15) is 11.9 Å². The van der Waals surface area contributed by atoms with Crippen LogP contribution in [-0.2, 0) is 6.54 Å². The smallest absolute Gasteiger partial charge is 0.276 e. The van der Waals surface area contributed by atoms with E-state index in [2.05, 4.69) is 37.4 Å². The van der Waals surface area contributed by atoms with Gasteiger partial charge in [-0.1, -0.05) is 30.1 Å². The zero-order valence-corrected chi connectivity index (χ0v) is 20.8. The molecule has 35 heavy (non-hydrogen) atoms. The lowest BCUT2D eigenvalue weighted by Gasteiger charge is -2.38. The number of carbonyl (C=O) groups excluding carboxylic acids is 1. The number of aromatic nitrogens is 5. The molecule has 4 heterocycles. The van der Waals surface area contributed by atoms with Gasteiger partial charge in [-0.25, -0.2) is 0 Å². The summed E-state index contributed by atoms with van der Waals surface area (Å²) in [6, 6.07) is 5.38. The number of anilines is 1. The molecule has 1 saturated heterocycles. The van der Waals surface area contributed by atoms with Crippen molar-refractivity contribution >= 4 is 45.7 Å². The Morgan fingerprint density at radius 2 is 2.03 bits per heavy atom. The number of aromatic amines is 1. The van der Waals surface area contributed by atoms with Crippen LogP contribution in [0.4, 0.5) is 5.69 Å². The largest absolute Gasteiger partial charge is 0.486 e. The molecule has 0 bridgehead atoms. The quantitative estimate of drug-likeness (QED) is 0.350. The number of benzene rings is 1. The number of pyridine rings is 1. The van der Waals surface area contributed by atoms with E-state index in [1.807, 2.05) is 23.9 Å². The average molecular weight is 514 g/mol. The third kappa shape index (κ3) is 4.98. The molecule has 3 aromatic heterocycles. The van der Waals surface area contributed by atoms with Crippen LogP contribution in [0.15, 0.2) is 43.0 Å². The fourth-order valence-electron chi connectivity index (χ4n) is 4.35. The van der Waals surface area contributed by atoms with Crippen LogP contribution >= 0.6 is 23.2 Å². The lowest BCUT2D eigenvalue weighted by atomic mass is 10.0. The highest BCUT2D eigenvalue weighted by atomic mass is 35.5. The summed E-state index contributed by atoms with van der Waals surface area (Å²) in [6.45, 7) is 8.09. The van der Waals surface area contributed by atoms with Crippen LogP contribution in [0.25, 0.3) is 10.9 Å². The van der Waals surface area contributed by atoms with Gasteiger partial charge in [-0.3, -0.25) is 19.6 Å². The van der Waals surface area contributed by atoms with Crippen molar-refractivity contribution in [1.29, 1.82) is 0 Å². The molecule has 0 saturated carbocycles. The number of fused-ring (bicyclic) bond motifs is 1. The molecular weight excluding hydrogens is 489 g/mol. The van der Waals surface area contributed by atoms with E-state index in [1.54, 1.807) is 18.3 Å². The number of carbonyl (C=O) groups is 1. The Hall–Kier alpha value is -3.14. The lowest BCUT2D eigenvalue weighted by molar-refractivity contribution is 0.0917. The topological polar surface area (TPSA) is 101 Å². The molecule has 9 nitrogen and oxygen atoms in total. The third-order valence-electron chi connectivity index (χ3n) is 6.18. The fourth-order valence-corrected chi connectivity index (χ4v) is 5.02. The van der Waals surface area contributed by atoms with Gasteiger partial charge in [0.15, 0.2) is 5.69 Å². The highest BCUT2D eigenvalue weighted by molar-refractivity contribution is 6.35. The first-order valence-electron chi connectivity index (χ1n) is 11.4. The van der Waals surface area contributed by atoms with Crippen LogP contribution in [0.3, 0.4) is 0 Å². The predicted octanol–water partition coefficient (Wildman–Crippen LogP) is 4.81. The highest BCUT2D eigenvalue weighted by Gasteiger charge is 2.25. The minimum absolute atomic E-state index is 0.267. The first-order valence-corrected chi connectivity index (χ1v) is 12.2. The Morgan fingerprint density at radius 1 is 1.26 bits per heavy atom. The molecule has 2 N–H and O–H groups in total. The van der Waals surface area contributed by atoms with Crippen LogP contribution in [0.5, 0.6) is 5.75 Å². The Bertz CT molecular complexity index is 1340. The molecule has 0 spiro atoms. The number of nitrogens with zero attached hydrogens (tertiary/aromatic N) is 5. The van der Waals surface area contributed by atoms with Gasteiger partial charge in [0.05, 0.1) is 27.4 Å². The number of nitrogens with one attached hydrogen (secondary N) is 2. The van der Waals surface area contributed by atoms with E-state index in [-0.39, 0.29) is 11.6 Å². The van der Waals surface area contributed by atoms with Gasteiger partial charge in [-0.2, -0.15) is 10.2 Å². The summed E-state index contributed by atoms with van der Waals surface area (Å²) in [4.78, 5) is 19.4. The minimum Gasteiger partial charge on any atom is -0.486 e. The average Bonchev–Trinajstić information content (AvgIpc) is 3.42. The van der Waals surface area contributed by atoms with Crippen molar-refractivity contribution in [2.45, 2.75) is 26.5 Å². The summed E-state index contributed by atoms with van der Waals surface area (Å²) >= 11 is 12.5. The molecule has 11 heteroatoms. The molecule has 1 aliphatic heterocycles. The third-order valence-corrected chi connectivity index (χ3v) is 6.78. The van der Waals surface area contributed by atoms with E-state index < -0.39 is 6.10 Å². The van der Waals surface area contributed by atoms with Crippen molar-refractivity contribution in [3.63, 3.8) is 0 Å². The Labute approximate surface area is 212 Å². The molecule has 1 fully saturated rings. The number of halogens is 2. The van der Waals surface area contributed by atoms with Crippen LogP contribution in [0.2, 0.25) is 10.0 Å². The fraction of sp³-hybridized carbons (Fsp3) is 0.333. The van der Waals surface area contributed by atoms with E-state index in [9.17, 15) is 4.79 Å². The maximum absolute atomic E-state index is 13.0. The molecular formula is C24H25Cl2N7O2. The monoisotopic (exact) mass is 513 g/mol. The summed E-state index contributed by atoms with van der Waals surface area (Å²) in [5, 5.41) is 15.9. The van der Waals surface area contributed by atoms with Crippen molar-refractivity contribution in [2.24, 2.45) is 5.92 Å². The number of rotatable bonds is 8. The summed E-state index contributed by atoms with van der Waals surface area (Å²) in [5.74, 6) is 0.812. The van der Waals surface area contributed by atoms with Gasteiger partial charge >= 0.3 is 0 Å². The molecule has 1 amide bonds. The van der Waals surface area contributed by atoms with Crippen molar-refractivity contribution in [1.82, 2.24) is 29.9 Å². The van der Waals surface area contributed by atoms with Gasteiger partial charge in [0.2, 0.25) is 0 Å². The van der Waals surface area contributed by atoms with Gasteiger partial charge in [-0.05, 0) is 31.7 Å². The van der Waals surface area contributed by atoms with Crippen molar-refractivity contribution in [2.75, 3.05) is 25.0 Å². The minimum atomic E-state index is -0.425. The first kappa shape index (κ1) is 23.6. The van der Waals surface area contributed by atoms with E-state index >= 15 is 0 Å². The van der Waals surface area contributed by atoms with Crippen LogP contribution < -0.4 is 10.1 Å². The summed E-state index contributed by atoms with van der Waals surface area (Å²) in [6.07, 6.45) is 6.13. The van der Waals surface area contributed by atoms with Gasteiger partial charge in [0.25, 0.3) is 5.91 Å². The molecule has 5 rings (SSSR count). The molecule has 1 aromatic carbocycles. The van der Waals surface area contributed by atoms with Crippen LogP contribution in [0, 0.1) is 5.92 Å². The highest BCUT2D eigenvalue weighted by Crippen LogP contribution is 2.33. The standard InChI is InChI=1S/C24H25Cl2N7O2/c1-3-32-10-15(11-32)12-33-13-16(7-28-33)29-24(34)23-18-6-17(4-5-21(18)30-31-23)35-14(2)22-19(25)8-27-9-20(22)26/h4-9,13-15H,3,10-12H2,1-2H3,(H,29,34)(H,30,31)/t14-/m1/s1. The zero-order chi connectivity index (χ0) is 24.5. The van der Waals surface area contributed by atoms with Crippen molar-refractivity contribution < 1.29 is 9.53 Å². The molecule has 4 aromatic rings. The lowest BCUT2D eigenvalue weighted by Crippen LogP contribution is -2.48. The molecule has 1 atom stereocenters. The molecule has 0 radical (unpaired) electrons.